The number of aryl methyl sites for hydroxylation is 2. The Balaban J connectivity index is 1.81. The van der Waals surface area contributed by atoms with Crippen LogP contribution in [-0.4, -0.2) is 21.7 Å². The zero-order valence-electron chi connectivity index (χ0n) is 11.3. The fourth-order valence-electron chi connectivity index (χ4n) is 1.95. The van der Waals surface area contributed by atoms with Gasteiger partial charge >= 0.3 is 0 Å². The van der Waals surface area contributed by atoms with Crippen LogP contribution in [0.15, 0.2) is 42.7 Å². The Hall–Kier alpha value is -2.10. The third-order valence-corrected chi connectivity index (χ3v) is 3.05. The van der Waals surface area contributed by atoms with Crippen molar-refractivity contribution in [3.05, 3.63) is 53.9 Å². The first-order valence-corrected chi connectivity index (χ1v) is 6.48. The highest BCUT2D eigenvalue weighted by molar-refractivity contribution is 5.93. The van der Waals surface area contributed by atoms with E-state index < -0.39 is 0 Å². The van der Waals surface area contributed by atoms with E-state index in [0.29, 0.717) is 5.56 Å². The van der Waals surface area contributed by atoms with E-state index >= 15 is 0 Å². The van der Waals surface area contributed by atoms with Gasteiger partial charge in [0.05, 0.1) is 11.8 Å². The van der Waals surface area contributed by atoms with Crippen LogP contribution in [0.3, 0.4) is 0 Å². The van der Waals surface area contributed by atoms with Crippen LogP contribution in [0.4, 0.5) is 0 Å². The lowest BCUT2D eigenvalue weighted by Gasteiger charge is -2.13. The summed E-state index contributed by atoms with van der Waals surface area (Å²) in [6, 6.07) is 10.4. The average molecular weight is 257 g/mol. The Kier molecular flexibility index (Phi) is 4.34. The SMILES string of the molecule is C[C@@H](CCc1ccccc1)NC(=O)c1cnn(C)c1. The highest BCUT2D eigenvalue weighted by Crippen LogP contribution is 2.05. The maximum absolute atomic E-state index is 11.9. The lowest BCUT2D eigenvalue weighted by Crippen LogP contribution is -2.32. The van der Waals surface area contributed by atoms with Gasteiger partial charge in [-0.05, 0) is 25.3 Å². The van der Waals surface area contributed by atoms with Crippen LogP contribution < -0.4 is 5.32 Å². The molecule has 1 aromatic carbocycles. The third kappa shape index (κ3) is 3.95. The standard InChI is InChI=1S/C15H19N3O/c1-12(8-9-13-6-4-3-5-7-13)17-15(19)14-10-16-18(2)11-14/h3-7,10-12H,8-9H2,1-2H3,(H,17,19)/t12-/m0/s1. The van der Waals surface area contributed by atoms with Gasteiger partial charge in [0.25, 0.3) is 5.91 Å². The molecule has 1 atom stereocenters. The fourth-order valence-corrected chi connectivity index (χ4v) is 1.95. The second-order valence-corrected chi connectivity index (χ2v) is 4.80. The second kappa shape index (κ2) is 6.18. The molecule has 0 radical (unpaired) electrons. The van der Waals surface area contributed by atoms with E-state index in [1.807, 2.05) is 25.1 Å². The van der Waals surface area contributed by atoms with E-state index in [4.69, 9.17) is 0 Å². The third-order valence-electron chi connectivity index (χ3n) is 3.05. The molecule has 0 aliphatic rings. The number of hydrogen-bond donors (Lipinski definition) is 1. The maximum Gasteiger partial charge on any atom is 0.254 e. The van der Waals surface area contributed by atoms with Crippen LogP contribution in [0.2, 0.25) is 0 Å². The molecule has 1 N–H and O–H groups in total. The summed E-state index contributed by atoms with van der Waals surface area (Å²) in [5.41, 5.74) is 1.90. The quantitative estimate of drug-likeness (QED) is 0.892. The van der Waals surface area contributed by atoms with Crippen molar-refractivity contribution in [3.8, 4) is 0 Å². The van der Waals surface area contributed by atoms with E-state index in [9.17, 15) is 4.79 Å². The molecule has 19 heavy (non-hydrogen) atoms. The first kappa shape index (κ1) is 13.3. The maximum atomic E-state index is 11.9. The molecule has 4 heteroatoms. The number of amides is 1. The van der Waals surface area contributed by atoms with Crippen molar-refractivity contribution >= 4 is 5.91 Å². The lowest BCUT2D eigenvalue weighted by atomic mass is 10.1. The number of carbonyl (C=O) groups excluding carboxylic acids is 1. The van der Waals surface area contributed by atoms with E-state index in [2.05, 4.69) is 22.5 Å². The minimum Gasteiger partial charge on any atom is -0.349 e. The molecule has 0 unspecified atom stereocenters. The summed E-state index contributed by atoms with van der Waals surface area (Å²) in [5, 5.41) is 6.98. The molecule has 2 rings (SSSR count). The Morgan fingerprint density at radius 3 is 2.74 bits per heavy atom. The van der Waals surface area contributed by atoms with Crippen LogP contribution in [0.5, 0.6) is 0 Å². The van der Waals surface area contributed by atoms with Gasteiger partial charge in [0.1, 0.15) is 0 Å². The first-order chi connectivity index (χ1) is 9.15. The Labute approximate surface area is 113 Å². The molecule has 1 aromatic heterocycles. The molecule has 0 spiro atoms. The average Bonchev–Trinajstić information content (AvgIpc) is 2.84. The van der Waals surface area contributed by atoms with E-state index in [1.54, 1.807) is 24.1 Å². The molecular weight excluding hydrogens is 238 g/mol. The van der Waals surface area contributed by atoms with Gasteiger partial charge in [0.2, 0.25) is 0 Å². The van der Waals surface area contributed by atoms with E-state index in [0.717, 1.165) is 12.8 Å². The van der Waals surface area contributed by atoms with Gasteiger partial charge in [-0.1, -0.05) is 30.3 Å². The summed E-state index contributed by atoms with van der Waals surface area (Å²) < 4.78 is 1.63. The van der Waals surface area contributed by atoms with Crippen LogP contribution in [0.25, 0.3) is 0 Å². The molecule has 0 fully saturated rings. The van der Waals surface area contributed by atoms with Gasteiger partial charge in [-0.15, -0.1) is 0 Å². The molecule has 0 bridgehead atoms. The number of benzene rings is 1. The molecule has 0 aliphatic heterocycles. The van der Waals surface area contributed by atoms with Crippen molar-refractivity contribution < 1.29 is 4.79 Å². The minimum absolute atomic E-state index is 0.0614. The first-order valence-electron chi connectivity index (χ1n) is 6.48. The van der Waals surface area contributed by atoms with Crippen molar-refractivity contribution in [1.82, 2.24) is 15.1 Å². The molecule has 1 amide bonds. The molecule has 0 aliphatic carbocycles. The Bertz CT molecular complexity index is 533. The van der Waals surface area contributed by atoms with Gasteiger partial charge < -0.3 is 5.32 Å². The molecular formula is C15H19N3O. The van der Waals surface area contributed by atoms with Crippen molar-refractivity contribution in [2.75, 3.05) is 0 Å². The number of nitrogens with one attached hydrogen (secondary N) is 1. The summed E-state index contributed by atoms with van der Waals surface area (Å²) in [7, 11) is 1.80. The summed E-state index contributed by atoms with van der Waals surface area (Å²) in [6.45, 7) is 2.03. The second-order valence-electron chi connectivity index (χ2n) is 4.80. The molecule has 100 valence electrons. The molecule has 2 aromatic rings. The molecule has 4 nitrogen and oxygen atoms in total. The van der Waals surface area contributed by atoms with Crippen molar-refractivity contribution in [3.63, 3.8) is 0 Å². The largest absolute Gasteiger partial charge is 0.349 e. The lowest BCUT2D eigenvalue weighted by molar-refractivity contribution is 0.0938. The van der Waals surface area contributed by atoms with Gasteiger partial charge in [-0.2, -0.15) is 5.10 Å². The number of carbonyl (C=O) groups is 1. The topological polar surface area (TPSA) is 46.9 Å². The van der Waals surface area contributed by atoms with Gasteiger partial charge in [0.15, 0.2) is 0 Å². The minimum atomic E-state index is -0.0614. The predicted octanol–water partition coefficient (Wildman–Crippen LogP) is 2.17. The van der Waals surface area contributed by atoms with Crippen LogP contribution in [0, 0.1) is 0 Å². The Morgan fingerprint density at radius 1 is 1.37 bits per heavy atom. The number of nitrogens with zero attached hydrogens (tertiary/aromatic N) is 2. The highest BCUT2D eigenvalue weighted by atomic mass is 16.1. The molecule has 1 heterocycles. The van der Waals surface area contributed by atoms with E-state index in [1.165, 1.54) is 5.56 Å². The van der Waals surface area contributed by atoms with Gasteiger partial charge in [-0.25, -0.2) is 0 Å². The molecule has 0 saturated heterocycles. The number of rotatable bonds is 5. The summed E-state index contributed by atoms with van der Waals surface area (Å²) in [5.74, 6) is -0.0614. The molecule has 0 saturated carbocycles. The normalized spacial score (nSPS) is 12.1. The monoisotopic (exact) mass is 257 g/mol. The van der Waals surface area contributed by atoms with Crippen LogP contribution in [0.1, 0.15) is 29.3 Å². The summed E-state index contributed by atoms with van der Waals surface area (Å²) in [6.07, 6.45) is 5.20. The van der Waals surface area contributed by atoms with Crippen molar-refractivity contribution in [2.45, 2.75) is 25.8 Å². The number of aromatic nitrogens is 2. The van der Waals surface area contributed by atoms with Gasteiger partial charge in [-0.3, -0.25) is 9.48 Å². The van der Waals surface area contributed by atoms with Crippen LogP contribution in [-0.2, 0) is 13.5 Å². The van der Waals surface area contributed by atoms with Gasteiger partial charge in [0, 0.05) is 19.3 Å². The Morgan fingerprint density at radius 2 is 2.11 bits per heavy atom. The zero-order valence-corrected chi connectivity index (χ0v) is 11.3. The fraction of sp³-hybridized carbons (Fsp3) is 0.333. The van der Waals surface area contributed by atoms with E-state index in [-0.39, 0.29) is 11.9 Å². The van der Waals surface area contributed by atoms with Crippen molar-refractivity contribution in [1.29, 1.82) is 0 Å². The highest BCUT2D eigenvalue weighted by Gasteiger charge is 2.11. The summed E-state index contributed by atoms with van der Waals surface area (Å²) in [4.78, 5) is 11.9. The van der Waals surface area contributed by atoms with Crippen molar-refractivity contribution in [2.24, 2.45) is 7.05 Å². The predicted molar refractivity (Wildman–Crippen MR) is 74.9 cm³/mol. The smallest absolute Gasteiger partial charge is 0.254 e. The zero-order chi connectivity index (χ0) is 13.7. The number of hydrogen-bond acceptors (Lipinski definition) is 2. The van der Waals surface area contributed by atoms with Crippen LogP contribution >= 0.6 is 0 Å². The summed E-state index contributed by atoms with van der Waals surface area (Å²) >= 11 is 0.